The molecule has 1 fully saturated rings. The first-order valence-corrected chi connectivity index (χ1v) is 6.88. The van der Waals surface area contributed by atoms with Crippen LogP contribution in [0.3, 0.4) is 0 Å². The molecule has 104 valence electrons. The van der Waals surface area contributed by atoms with Gasteiger partial charge in [0.1, 0.15) is 0 Å². The van der Waals surface area contributed by atoms with Crippen molar-refractivity contribution in [2.75, 3.05) is 24.5 Å². The summed E-state index contributed by atoms with van der Waals surface area (Å²) in [6.45, 7) is 2.38. The van der Waals surface area contributed by atoms with Crippen LogP contribution in [-0.2, 0) is 11.3 Å². The molecule has 0 unspecified atom stereocenters. The normalized spacial score (nSPS) is 16.1. The highest BCUT2D eigenvalue weighted by Gasteiger charge is 2.19. The average molecular weight is 270 g/mol. The number of nitrogens with two attached hydrogens (primary N) is 1. The molecule has 20 heavy (non-hydrogen) atoms. The number of nitrogens with one attached hydrogen (secondary N) is 1. The predicted octanol–water partition coefficient (Wildman–Crippen LogP) is 1.02. The highest BCUT2D eigenvalue weighted by Crippen LogP contribution is 2.29. The molecule has 0 radical (unpaired) electrons. The van der Waals surface area contributed by atoms with E-state index in [4.69, 9.17) is 5.73 Å². The van der Waals surface area contributed by atoms with E-state index in [1.807, 2.05) is 30.5 Å². The number of aromatic nitrogens is 1. The first kappa shape index (κ1) is 12.9. The number of benzene rings is 1. The topological polar surface area (TPSA) is 71.2 Å². The Bertz CT molecular complexity index is 641. The van der Waals surface area contributed by atoms with Crippen molar-refractivity contribution >= 4 is 22.5 Å². The molecule has 1 aromatic heterocycles. The molecule has 1 aliphatic rings. The third kappa shape index (κ3) is 2.32. The first-order valence-electron chi connectivity index (χ1n) is 6.88. The van der Waals surface area contributed by atoms with Crippen molar-refractivity contribution in [3.8, 4) is 0 Å². The molecule has 1 aliphatic heterocycles. The van der Waals surface area contributed by atoms with Gasteiger partial charge in [-0.2, -0.15) is 0 Å². The van der Waals surface area contributed by atoms with E-state index in [1.165, 1.54) is 0 Å². The second kappa shape index (κ2) is 5.46. The van der Waals surface area contributed by atoms with Gasteiger partial charge in [0, 0.05) is 36.8 Å². The summed E-state index contributed by atoms with van der Waals surface area (Å²) >= 11 is 0. The van der Waals surface area contributed by atoms with Gasteiger partial charge in [-0.05, 0) is 12.5 Å². The zero-order valence-electron chi connectivity index (χ0n) is 11.3. The van der Waals surface area contributed by atoms with Crippen molar-refractivity contribution in [3.05, 3.63) is 36.0 Å². The van der Waals surface area contributed by atoms with Crippen molar-refractivity contribution in [1.82, 2.24) is 10.3 Å². The summed E-state index contributed by atoms with van der Waals surface area (Å²) in [4.78, 5) is 18.4. The molecule has 1 amide bonds. The van der Waals surface area contributed by atoms with Crippen LogP contribution in [0, 0.1) is 0 Å². The fraction of sp³-hybridized carbons (Fsp3) is 0.333. The number of hydrogen-bond donors (Lipinski definition) is 2. The number of pyridine rings is 1. The molecular weight excluding hydrogens is 252 g/mol. The summed E-state index contributed by atoms with van der Waals surface area (Å²) in [6, 6.07) is 7.98. The molecule has 1 saturated heterocycles. The Morgan fingerprint density at radius 2 is 2.20 bits per heavy atom. The number of rotatable bonds is 2. The molecule has 0 saturated carbocycles. The smallest absolute Gasteiger partial charge is 0.239 e. The zero-order valence-corrected chi connectivity index (χ0v) is 11.3. The summed E-state index contributed by atoms with van der Waals surface area (Å²) in [7, 11) is 0. The van der Waals surface area contributed by atoms with Crippen molar-refractivity contribution in [3.63, 3.8) is 0 Å². The third-order valence-electron chi connectivity index (χ3n) is 3.62. The van der Waals surface area contributed by atoms with Gasteiger partial charge in [0.05, 0.1) is 17.7 Å². The minimum absolute atomic E-state index is 0.0614. The summed E-state index contributed by atoms with van der Waals surface area (Å²) in [5.74, 6) is 0.0614. The van der Waals surface area contributed by atoms with Crippen LogP contribution in [0.15, 0.2) is 30.5 Å². The van der Waals surface area contributed by atoms with E-state index in [2.05, 4.69) is 15.2 Å². The van der Waals surface area contributed by atoms with Crippen LogP contribution in [0.25, 0.3) is 10.9 Å². The predicted molar refractivity (Wildman–Crippen MR) is 79.5 cm³/mol. The fourth-order valence-electron chi connectivity index (χ4n) is 2.69. The van der Waals surface area contributed by atoms with E-state index in [9.17, 15) is 4.79 Å². The average Bonchev–Trinajstić information content (AvgIpc) is 2.70. The Hall–Kier alpha value is -2.14. The second-order valence-electron chi connectivity index (χ2n) is 4.98. The number of amides is 1. The molecule has 5 heteroatoms. The van der Waals surface area contributed by atoms with E-state index in [1.54, 1.807) is 0 Å². The van der Waals surface area contributed by atoms with E-state index in [-0.39, 0.29) is 5.91 Å². The van der Waals surface area contributed by atoms with Crippen LogP contribution in [0.1, 0.15) is 12.0 Å². The van der Waals surface area contributed by atoms with Crippen molar-refractivity contribution < 1.29 is 4.79 Å². The Morgan fingerprint density at radius 1 is 1.35 bits per heavy atom. The van der Waals surface area contributed by atoms with E-state index in [0.29, 0.717) is 13.1 Å². The van der Waals surface area contributed by atoms with Gasteiger partial charge in [0.15, 0.2) is 0 Å². The molecule has 1 aromatic carbocycles. The van der Waals surface area contributed by atoms with Gasteiger partial charge < -0.3 is 16.0 Å². The van der Waals surface area contributed by atoms with Gasteiger partial charge in [-0.25, -0.2) is 0 Å². The lowest BCUT2D eigenvalue weighted by Crippen LogP contribution is -2.34. The number of fused-ring (bicyclic) bond motifs is 1. The van der Waals surface area contributed by atoms with Crippen molar-refractivity contribution in [1.29, 1.82) is 0 Å². The van der Waals surface area contributed by atoms with Gasteiger partial charge in [-0.15, -0.1) is 0 Å². The lowest BCUT2D eigenvalue weighted by Gasteiger charge is -2.25. The minimum atomic E-state index is 0.0614. The summed E-state index contributed by atoms with van der Waals surface area (Å²) < 4.78 is 0. The van der Waals surface area contributed by atoms with Crippen LogP contribution >= 0.6 is 0 Å². The van der Waals surface area contributed by atoms with Crippen LogP contribution in [0.2, 0.25) is 0 Å². The van der Waals surface area contributed by atoms with Gasteiger partial charge >= 0.3 is 0 Å². The first-order chi connectivity index (χ1) is 9.79. The summed E-state index contributed by atoms with van der Waals surface area (Å²) in [5, 5.41) is 3.96. The maximum absolute atomic E-state index is 11.8. The number of nitrogens with zero attached hydrogens (tertiary/aromatic N) is 2. The Labute approximate surface area is 117 Å². The number of carbonyl (C=O) groups is 1. The molecule has 0 atom stereocenters. The minimum Gasteiger partial charge on any atom is -0.361 e. The second-order valence-corrected chi connectivity index (χ2v) is 4.98. The maximum atomic E-state index is 11.8. The lowest BCUT2D eigenvalue weighted by molar-refractivity contribution is -0.119. The number of hydrogen-bond acceptors (Lipinski definition) is 4. The third-order valence-corrected chi connectivity index (χ3v) is 3.62. The van der Waals surface area contributed by atoms with Crippen molar-refractivity contribution in [2.45, 2.75) is 13.0 Å². The Balaban J connectivity index is 2.14. The van der Waals surface area contributed by atoms with Gasteiger partial charge in [0.25, 0.3) is 0 Å². The highest BCUT2D eigenvalue weighted by atomic mass is 16.2. The van der Waals surface area contributed by atoms with E-state index < -0.39 is 0 Å². The van der Waals surface area contributed by atoms with E-state index in [0.717, 1.165) is 41.7 Å². The summed E-state index contributed by atoms with van der Waals surface area (Å²) in [6.07, 6.45) is 2.76. The zero-order chi connectivity index (χ0) is 13.9. The Kier molecular flexibility index (Phi) is 3.52. The molecular formula is C15H18N4O. The van der Waals surface area contributed by atoms with Crippen molar-refractivity contribution in [2.24, 2.45) is 5.73 Å². The number of para-hydroxylation sites is 1. The van der Waals surface area contributed by atoms with Gasteiger partial charge in [0.2, 0.25) is 5.91 Å². The van der Waals surface area contributed by atoms with Gasteiger partial charge in [-0.3, -0.25) is 9.78 Å². The van der Waals surface area contributed by atoms with Gasteiger partial charge in [-0.1, -0.05) is 18.2 Å². The standard InChI is InChI=1S/C15H18N4O/c16-8-11-9-18-13-5-2-1-4-12(13)15(11)19-7-3-6-17-14(20)10-19/h1-2,4-5,9H,3,6-8,10,16H2,(H,17,20). The molecule has 0 aliphatic carbocycles. The molecule has 2 aromatic rings. The molecule has 2 heterocycles. The molecule has 3 N–H and O–H groups in total. The van der Waals surface area contributed by atoms with Crippen LogP contribution in [0.4, 0.5) is 5.69 Å². The van der Waals surface area contributed by atoms with E-state index >= 15 is 0 Å². The SMILES string of the molecule is NCc1cnc2ccccc2c1N1CCCNC(=O)C1. The molecule has 0 bridgehead atoms. The monoisotopic (exact) mass is 270 g/mol. The van der Waals surface area contributed by atoms with Crippen LogP contribution in [-0.4, -0.2) is 30.5 Å². The number of carbonyl (C=O) groups excluding carboxylic acids is 1. The molecule has 0 spiro atoms. The highest BCUT2D eigenvalue weighted by molar-refractivity contribution is 5.95. The van der Waals surface area contributed by atoms with Crippen LogP contribution < -0.4 is 16.0 Å². The lowest BCUT2D eigenvalue weighted by atomic mass is 10.1. The largest absolute Gasteiger partial charge is 0.361 e. The molecule has 5 nitrogen and oxygen atoms in total. The quantitative estimate of drug-likeness (QED) is 0.854. The fourth-order valence-corrected chi connectivity index (χ4v) is 2.69. The maximum Gasteiger partial charge on any atom is 0.239 e. The molecule has 3 rings (SSSR count). The Morgan fingerprint density at radius 3 is 3.05 bits per heavy atom. The van der Waals surface area contributed by atoms with Crippen LogP contribution in [0.5, 0.6) is 0 Å². The summed E-state index contributed by atoms with van der Waals surface area (Å²) in [5.41, 5.74) is 8.83. The number of anilines is 1.